The van der Waals surface area contributed by atoms with E-state index in [0.29, 0.717) is 27.9 Å². The van der Waals surface area contributed by atoms with Gasteiger partial charge >= 0.3 is 0 Å². The molecular weight excluding hydrogens is 354 g/mol. The molecule has 2 heterocycles. The molecular formula is C17H15N5O3S. The highest BCUT2D eigenvalue weighted by Gasteiger charge is 2.20. The van der Waals surface area contributed by atoms with Crippen LogP contribution in [0.4, 0.5) is 0 Å². The molecule has 3 aromatic rings. The van der Waals surface area contributed by atoms with Crippen molar-refractivity contribution in [3.8, 4) is 28.9 Å². The van der Waals surface area contributed by atoms with E-state index < -0.39 is 10.0 Å². The zero-order valence-electron chi connectivity index (χ0n) is 14.0. The summed E-state index contributed by atoms with van der Waals surface area (Å²) in [5, 5.41) is 28.9. The van der Waals surface area contributed by atoms with Gasteiger partial charge < -0.3 is 5.11 Å². The van der Waals surface area contributed by atoms with E-state index in [9.17, 15) is 13.5 Å². The maximum absolute atomic E-state index is 11.5. The maximum atomic E-state index is 11.5. The van der Waals surface area contributed by atoms with E-state index in [1.54, 1.807) is 38.1 Å². The largest absolute Gasteiger partial charge is 0.493 e. The van der Waals surface area contributed by atoms with Crippen LogP contribution in [-0.4, -0.2) is 28.3 Å². The fourth-order valence-corrected chi connectivity index (χ4v) is 3.37. The van der Waals surface area contributed by atoms with Crippen LogP contribution in [0, 0.1) is 25.2 Å². The predicted molar refractivity (Wildman–Crippen MR) is 94.0 cm³/mol. The first-order chi connectivity index (χ1) is 12.2. The summed E-state index contributed by atoms with van der Waals surface area (Å²) in [6, 6.07) is 10.2. The first kappa shape index (κ1) is 17.6. The number of aromatic nitrogens is 3. The molecule has 8 nitrogen and oxygen atoms in total. The second-order valence-electron chi connectivity index (χ2n) is 5.74. The first-order valence-corrected chi connectivity index (χ1v) is 9.06. The third-order valence-corrected chi connectivity index (χ3v) is 4.95. The van der Waals surface area contributed by atoms with Crippen LogP contribution in [0.2, 0.25) is 0 Å². The van der Waals surface area contributed by atoms with Crippen molar-refractivity contribution in [2.75, 3.05) is 0 Å². The van der Waals surface area contributed by atoms with Gasteiger partial charge in [-0.05, 0) is 43.2 Å². The van der Waals surface area contributed by atoms with E-state index in [4.69, 9.17) is 10.4 Å². The van der Waals surface area contributed by atoms with Gasteiger partial charge in [0, 0.05) is 6.20 Å². The summed E-state index contributed by atoms with van der Waals surface area (Å²) in [5.74, 6) is 0.123. The summed E-state index contributed by atoms with van der Waals surface area (Å²) in [4.78, 5) is 3.96. The summed E-state index contributed by atoms with van der Waals surface area (Å²) < 4.78 is 24.2. The fraction of sp³-hybridized carbons (Fsp3) is 0.118. The van der Waals surface area contributed by atoms with Crippen LogP contribution in [0.1, 0.15) is 16.8 Å². The fourth-order valence-electron chi connectivity index (χ4n) is 2.67. The molecule has 3 N–H and O–H groups in total. The Morgan fingerprint density at radius 1 is 1.23 bits per heavy atom. The van der Waals surface area contributed by atoms with E-state index >= 15 is 0 Å². The van der Waals surface area contributed by atoms with Gasteiger partial charge in [0.15, 0.2) is 5.82 Å². The topological polar surface area (TPSA) is 135 Å². The molecule has 0 aliphatic heterocycles. The lowest BCUT2D eigenvalue weighted by atomic mass is 10.0. The van der Waals surface area contributed by atoms with E-state index in [0.717, 1.165) is 6.20 Å². The van der Waals surface area contributed by atoms with Crippen LogP contribution in [0.15, 0.2) is 41.4 Å². The molecule has 0 unspecified atom stereocenters. The average Bonchev–Trinajstić information content (AvgIpc) is 2.88. The molecule has 0 bridgehead atoms. The van der Waals surface area contributed by atoms with Gasteiger partial charge in [0.1, 0.15) is 4.90 Å². The molecule has 132 valence electrons. The zero-order chi connectivity index (χ0) is 19.1. The van der Waals surface area contributed by atoms with E-state index in [1.165, 1.54) is 10.7 Å². The van der Waals surface area contributed by atoms with E-state index in [2.05, 4.69) is 10.1 Å². The van der Waals surface area contributed by atoms with Crippen LogP contribution in [-0.2, 0) is 10.0 Å². The number of benzene rings is 1. The van der Waals surface area contributed by atoms with Crippen LogP contribution < -0.4 is 5.14 Å². The molecule has 0 aliphatic carbocycles. The lowest BCUT2D eigenvalue weighted by Gasteiger charge is -2.07. The number of aromatic hydroxyl groups is 1. The van der Waals surface area contributed by atoms with Crippen LogP contribution in [0.5, 0.6) is 5.88 Å². The number of nitriles is 1. The predicted octanol–water partition coefficient (Wildman–Crippen LogP) is 1.78. The van der Waals surface area contributed by atoms with E-state index in [-0.39, 0.29) is 16.6 Å². The van der Waals surface area contributed by atoms with Crippen molar-refractivity contribution >= 4 is 10.0 Å². The van der Waals surface area contributed by atoms with Gasteiger partial charge in [-0.2, -0.15) is 15.0 Å². The van der Waals surface area contributed by atoms with Gasteiger partial charge in [0.05, 0.1) is 22.9 Å². The Morgan fingerprint density at radius 2 is 1.88 bits per heavy atom. The average molecular weight is 369 g/mol. The van der Waals surface area contributed by atoms with Gasteiger partial charge in [0.2, 0.25) is 15.9 Å². The van der Waals surface area contributed by atoms with Crippen molar-refractivity contribution < 1.29 is 13.5 Å². The number of aryl methyl sites for hydroxylation is 2. The minimum Gasteiger partial charge on any atom is -0.493 e. The second kappa shape index (κ2) is 6.25. The van der Waals surface area contributed by atoms with Crippen molar-refractivity contribution in [2.24, 2.45) is 5.14 Å². The van der Waals surface area contributed by atoms with Crippen molar-refractivity contribution in [1.82, 2.24) is 14.8 Å². The van der Waals surface area contributed by atoms with Gasteiger partial charge in [-0.15, -0.1) is 0 Å². The van der Waals surface area contributed by atoms with Crippen molar-refractivity contribution in [3.63, 3.8) is 0 Å². The Kier molecular flexibility index (Phi) is 4.23. The van der Waals surface area contributed by atoms with Gasteiger partial charge in [-0.3, -0.25) is 0 Å². The highest BCUT2D eigenvalue weighted by atomic mass is 32.2. The normalized spacial score (nSPS) is 11.3. The highest BCUT2D eigenvalue weighted by molar-refractivity contribution is 7.89. The SMILES string of the molecule is Cc1cc(-n2nc(C)c(-c3ccc(C#N)cc3)c2O)ncc1S(N)(=O)=O. The smallest absolute Gasteiger partial charge is 0.239 e. The van der Waals surface area contributed by atoms with E-state index in [1.807, 2.05) is 6.07 Å². The lowest BCUT2D eigenvalue weighted by molar-refractivity contribution is 0.433. The number of rotatable bonds is 3. The Morgan fingerprint density at radius 3 is 2.42 bits per heavy atom. The molecule has 26 heavy (non-hydrogen) atoms. The van der Waals surface area contributed by atoms with Crippen molar-refractivity contribution in [2.45, 2.75) is 18.7 Å². The highest BCUT2D eigenvalue weighted by Crippen LogP contribution is 2.34. The van der Waals surface area contributed by atoms with Crippen molar-refractivity contribution in [1.29, 1.82) is 5.26 Å². The van der Waals surface area contributed by atoms with Gasteiger partial charge in [0.25, 0.3) is 0 Å². The molecule has 9 heteroatoms. The summed E-state index contributed by atoms with van der Waals surface area (Å²) in [7, 11) is -3.88. The number of pyridine rings is 1. The zero-order valence-corrected chi connectivity index (χ0v) is 14.8. The molecule has 0 amide bonds. The minimum atomic E-state index is -3.88. The lowest BCUT2D eigenvalue weighted by Crippen LogP contribution is -2.14. The van der Waals surface area contributed by atoms with Crippen LogP contribution in [0.3, 0.4) is 0 Å². The molecule has 0 radical (unpaired) electrons. The van der Waals surface area contributed by atoms with Gasteiger partial charge in [-0.25, -0.2) is 18.5 Å². The third kappa shape index (κ3) is 3.03. The number of primary sulfonamides is 1. The van der Waals surface area contributed by atoms with Crippen LogP contribution in [0.25, 0.3) is 16.9 Å². The number of nitrogens with zero attached hydrogens (tertiary/aromatic N) is 4. The number of hydrogen-bond acceptors (Lipinski definition) is 6. The molecule has 0 saturated heterocycles. The molecule has 1 aromatic carbocycles. The number of nitrogens with two attached hydrogens (primary N) is 1. The molecule has 0 aliphatic rings. The number of hydrogen-bond donors (Lipinski definition) is 2. The Hall–Kier alpha value is -3.22. The summed E-state index contributed by atoms with van der Waals surface area (Å²) in [5.41, 5.74) is 2.66. The van der Waals surface area contributed by atoms with Gasteiger partial charge in [-0.1, -0.05) is 12.1 Å². The molecule has 0 atom stereocenters. The number of sulfonamides is 1. The summed E-state index contributed by atoms with van der Waals surface area (Å²) in [6.07, 6.45) is 1.14. The Balaban J connectivity index is 2.11. The molecule has 2 aromatic heterocycles. The molecule has 0 saturated carbocycles. The molecule has 0 spiro atoms. The van der Waals surface area contributed by atoms with Crippen LogP contribution >= 0.6 is 0 Å². The maximum Gasteiger partial charge on any atom is 0.239 e. The standard InChI is InChI=1S/C17H15N5O3S/c1-10-7-15(20-9-14(10)26(19,24)25)22-17(23)16(11(2)21-22)13-5-3-12(8-18)4-6-13/h3-7,9,23H,1-2H3,(H2,19,24,25). The minimum absolute atomic E-state index is 0.0862. The third-order valence-electron chi connectivity index (χ3n) is 3.91. The second-order valence-corrected chi connectivity index (χ2v) is 7.27. The monoisotopic (exact) mass is 369 g/mol. The summed E-state index contributed by atoms with van der Waals surface area (Å²) in [6.45, 7) is 3.31. The Bertz CT molecular complexity index is 1140. The first-order valence-electron chi connectivity index (χ1n) is 7.51. The summed E-state index contributed by atoms with van der Waals surface area (Å²) >= 11 is 0. The van der Waals surface area contributed by atoms with Crippen molar-refractivity contribution in [3.05, 3.63) is 53.3 Å². The quantitative estimate of drug-likeness (QED) is 0.722. The Labute approximate surface area is 150 Å². The molecule has 0 fully saturated rings. The molecule has 3 rings (SSSR count).